The van der Waals surface area contributed by atoms with Gasteiger partial charge >= 0.3 is 0 Å². The Hall–Kier alpha value is -1.90. The van der Waals surface area contributed by atoms with E-state index in [1.807, 2.05) is 12.1 Å². The lowest BCUT2D eigenvalue weighted by Gasteiger charge is -2.23. The largest absolute Gasteiger partial charge is 0.269 e. The van der Waals surface area contributed by atoms with Crippen LogP contribution in [0.4, 0.5) is 5.69 Å². The molecule has 0 unspecified atom stereocenters. The van der Waals surface area contributed by atoms with Gasteiger partial charge < -0.3 is 0 Å². The summed E-state index contributed by atoms with van der Waals surface area (Å²) in [6.07, 6.45) is 1.11. The third kappa shape index (κ3) is 5.30. The summed E-state index contributed by atoms with van der Waals surface area (Å²) in [6.45, 7) is 4.09. The van der Waals surface area contributed by atoms with Gasteiger partial charge in [0.25, 0.3) is 0 Å². The molecule has 2 rings (SSSR count). The van der Waals surface area contributed by atoms with E-state index in [0.29, 0.717) is 11.6 Å². The Labute approximate surface area is 156 Å². The summed E-state index contributed by atoms with van der Waals surface area (Å²) in [7, 11) is -7.21. The minimum atomic E-state index is -3.67. The number of hydrogen-bond acceptors (Lipinski definition) is 4. The van der Waals surface area contributed by atoms with Gasteiger partial charge in [0.1, 0.15) is 0 Å². The molecule has 0 saturated carbocycles. The Morgan fingerprint density at radius 2 is 1.50 bits per heavy atom. The number of sulfonamides is 2. The maximum Gasteiger partial charge on any atom is 0.240 e. The van der Waals surface area contributed by atoms with E-state index in [9.17, 15) is 16.8 Å². The van der Waals surface area contributed by atoms with E-state index in [-0.39, 0.29) is 18.0 Å². The van der Waals surface area contributed by atoms with Crippen molar-refractivity contribution in [3.05, 3.63) is 60.2 Å². The van der Waals surface area contributed by atoms with Crippen LogP contribution >= 0.6 is 0 Å². The Kier molecular flexibility index (Phi) is 6.44. The Bertz CT molecular complexity index is 923. The van der Waals surface area contributed by atoms with Gasteiger partial charge in [0.2, 0.25) is 20.0 Å². The molecule has 6 nitrogen and oxygen atoms in total. The first-order chi connectivity index (χ1) is 12.1. The highest BCUT2D eigenvalue weighted by Gasteiger charge is 2.19. The smallest absolute Gasteiger partial charge is 0.240 e. The SMILES string of the molecule is CC(C)c1ccc(N(CCNS(=O)(=O)c2ccccc2)S(C)(=O)=O)cc1. The number of nitrogens with zero attached hydrogens (tertiary/aromatic N) is 1. The van der Waals surface area contributed by atoms with Gasteiger partial charge in [0.15, 0.2) is 0 Å². The van der Waals surface area contributed by atoms with Crippen molar-refractivity contribution >= 4 is 25.7 Å². The third-order valence-electron chi connectivity index (χ3n) is 3.91. The molecule has 0 aliphatic rings. The first kappa shape index (κ1) is 20.4. The van der Waals surface area contributed by atoms with E-state index in [4.69, 9.17) is 0 Å². The van der Waals surface area contributed by atoms with Crippen molar-refractivity contribution < 1.29 is 16.8 Å². The summed E-state index contributed by atoms with van der Waals surface area (Å²) in [6, 6.07) is 15.2. The number of benzene rings is 2. The molecule has 0 aliphatic heterocycles. The van der Waals surface area contributed by atoms with Crippen molar-refractivity contribution in [3.8, 4) is 0 Å². The fraction of sp³-hybridized carbons (Fsp3) is 0.333. The van der Waals surface area contributed by atoms with Crippen molar-refractivity contribution in [2.24, 2.45) is 0 Å². The van der Waals surface area contributed by atoms with Gasteiger partial charge in [-0.1, -0.05) is 44.2 Å². The molecule has 0 radical (unpaired) electrons. The lowest BCUT2D eigenvalue weighted by molar-refractivity contribution is 0.578. The summed E-state index contributed by atoms with van der Waals surface area (Å²) in [4.78, 5) is 0.146. The van der Waals surface area contributed by atoms with Crippen LogP contribution in [0.15, 0.2) is 59.5 Å². The lowest BCUT2D eigenvalue weighted by Crippen LogP contribution is -2.38. The van der Waals surface area contributed by atoms with E-state index in [1.165, 1.54) is 16.4 Å². The van der Waals surface area contributed by atoms with E-state index >= 15 is 0 Å². The molecule has 0 heterocycles. The molecule has 0 spiro atoms. The van der Waals surface area contributed by atoms with Crippen LogP contribution in [0.3, 0.4) is 0 Å². The summed E-state index contributed by atoms with van der Waals surface area (Å²) >= 11 is 0. The monoisotopic (exact) mass is 396 g/mol. The molecule has 0 aliphatic carbocycles. The Morgan fingerprint density at radius 1 is 0.923 bits per heavy atom. The van der Waals surface area contributed by atoms with Gasteiger partial charge in [0, 0.05) is 13.1 Å². The van der Waals surface area contributed by atoms with Gasteiger partial charge in [-0.3, -0.25) is 4.31 Å². The number of rotatable bonds is 8. The normalized spacial score (nSPS) is 12.3. The van der Waals surface area contributed by atoms with Crippen LogP contribution in [0.2, 0.25) is 0 Å². The van der Waals surface area contributed by atoms with Crippen molar-refractivity contribution in [2.75, 3.05) is 23.7 Å². The van der Waals surface area contributed by atoms with Gasteiger partial charge in [-0.25, -0.2) is 21.6 Å². The highest BCUT2D eigenvalue weighted by Crippen LogP contribution is 2.21. The number of nitrogens with one attached hydrogen (secondary N) is 1. The fourth-order valence-corrected chi connectivity index (χ4v) is 4.45. The standard InChI is InChI=1S/C18H24N2O4S2/c1-15(2)16-9-11-17(12-10-16)20(25(3,21)22)14-13-19-26(23,24)18-7-5-4-6-8-18/h4-12,15,19H,13-14H2,1-3H3. The van der Waals surface area contributed by atoms with Crippen LogP contribution in [0, 0.1) is 0 Å². The van der Waals surface area contributed by atoms with Crippen LogP contribution in [0.5, 0.6) is 0 Å². The maximum atomic E-state index is 12.2. The Balaban J connectivity index is 2.12. The van der Waals surface area contributed by atoms with Crippen LogP contribution in [0.25, 0.3) is 0 Å². The first-order valence-electron chi connectivity index (χ1n) is 8.23. The molecule has 142 valence electrons. The zero-order valence-electron chi connectivity index (χ0n) is 15.1. The molecule has 0 aromatic heterocycles. The van der Waals surface area contributed by atoms with Crippen molar-refractivity contribution in [3.63, 3.8) is 0 Å². The summed E-state index contributed by atoms with van der Waals surface area (Å²) in [5.41, 5.74) is 1.61. The summed E-state index contributed by atoms with van der Waals surface area (Å²) < 4.78 is 52.4. The third-order valence-corrected chi connectivity index (χ3v) is 6.58. The molecule has 1 N–H and O–H groups in total. The van der Waals surface area contributed by atoms with Crippen LogP contribution < -0.4 is 9.03 Å². The predicted molar refractivity (Wildman–Crippen MR) is 104 cm³/mol. The summed E-state index contributed by atoms with van der Waals surface area (Å²) in [5.74, 6) is 0.341. The van der Waals surface area contributed by atoms with E-state index in [1.54, 1.807) is 30.3 Å². The molecule has 2 aromatic rings. The topological polar surface area (TPSA) is 83.6 Å². The molecule has 0 bridgehead atoms. The van der Waals surface area contributed by atoms with E-state index < -0.39 is 20.0 Å². The molecule has 0 amide bonds. The average molecular weight is 397 g/mol. The van der Waals surface area contributed by atoms with Crippen LogP contribution in [-0.2, 0) is 20.0 Å². The van der Waals surface area contributed by atoms with E-state index in [0.717, 1.165) is 11.8 Å². The molecule has 2 aromatic carbocycles. The second-order valence-corrected chi connectivity index (χ2v) is 9.97. The zero-order valence-corrected chi connectivity index (χ0v) is 16.7. The van der Waals surface area contributed by atoms with Crippen LogP contribution in [0.1, 0.15) is 25.3 Å². The molecule has 0 fully saturated rings. The van der Waals surface area contributed by atoms with Gasteiger partial charge in [0.05, 0.1) is 16.8 Å². The average Bonchev–Trinajstić information content (AvgIpc) is 2.58. The number of anilines is 1. The van der Waals surface area contributed by atoms with Gasteiger partial charge in [-0.05, 0) is 35.7 Å². The second-order valence-electron chi connectivity index (χ2n) is 6.29. The minimum Gasteiger partial charge on any atom is -0.269 e. The second kappa shape index (κ2) is 8.20. The first-order valence-corrected chi connectivity index (χ1v) is 11.6. The fourth-order valence-electron chi connectivity index (χ4n) is 2.48. The lowest BCUT2D eigenvalue weighted by atomic mass is 10.0. The zero-order chi connectivity index (χ0) is 19.4. The van der Waals surface area contributed by atoms with Crippen molar-refractivity contribution in [2.45, 2.75) is 24.7 Å². The Morgan fingerprint density at radius 3 is 2.00 bits per heavy atom. The van der Waals surface area contributed by atoms with Gasteiger partial charge in [-0.15, -0.1) is 0 Å². The molecule has 0 atom stereocenters. The molecular weight excluding hydrogens is 372 g/mol. The van der Waals surface area contributed by atoms with Gasteiger partial charge in [-0.2, -0.15) is 0 Å². The van der Waals surface area contributed by atoms with Crippen LogP contribution in [-0.4, -0.2) is 36.2 Å². The molecular formula is C18H24N2O4S2. The summed E-state index contributed by atoms with van der Waals surface area (Å²) in [5, 5.41) is 0. The predicted octanol–water partition coefficient (Wildman–Crippen LogP) is 2.55. The molecule has 26 heavy (non-hydrogen) atoms. The highest BCUT2D eigenvalue weighted by atomic mass is 32.2. The van der Waals surface area contributed by atoms with Crippen molar-refractivity contribution in [1.29, 1.82) is 0 Å². The van der Waals surface area contributed by atoms with Crippen molar-refractivity contribution in [1.82, 2.24) is 4.72 Å². The minimum absolute atomic E-state index is 0.00588. The quantitative estimate of drug-likeness (QED) is 0.743. The number of hydrogen-bond donors (Lipinski definition) is 1. The maximum absolute atomic E-state index is 12.2. The molecule has 0 saturated heterocycles. The highest BCUT2D eigenvalue weighted by molar-refractivity contribution is 7.92. The molecule has 8 heteroatoms. The van der Waals surface area contributed by atoms with E-state index in [2.05, 4.69) is 18.6 Å².